The monoisotopic (exact) mass is 212 g/mol. The highest BCUT2D eigenvalue weighted by Crippen LogP contribution is 2.34. The topological polar surface area (TPSA) is 43.4 Å². The lowest BCUT2D eigenvalue weighted by molar-refractivity contribution is -0.149. The van der Waals surface area contributed by atoms with Crippen molar-refractivity contribution < 1.29 is 14.3 Å². The highest BCUT2D eigenvalue weighted by molar-refractivity contribution is 5.86. The highest BCUT2D eigenvalue weighted by Gasteiger charge is 2.37. The minimum Gasteiger partial charge on any atom is -0.469 e. The summed E-state index contributed by atoms with van der Waals surface area (Å²) in [6.07, 6.45) is 3.03. The first kappa shape index (κ1) is 12.2. The van der Waals surface area contributed by atoms with Crippen molar-refractivity contribution in [2.75, 3.05) is 7.11 Å². The lowest BCUT2D eigenvalue weighted by Gasteiger charge is -2.31. The Balaban J connectivity index is 2.72. The smallest absolute Gasteiger partial charge is 0.308 e. The Labute approximate surface area is 91.2 Å². The molecule has 0 amide bonds. The maximum atomic E-state index is 11.9. The molecule has 3 nitrogen and oxygen atoms in total. The molecule has 0 heterocycles. The summed E-state index contributed by atoms with van der Waals surface area (Å²) >= 11 is 0. The van der Waals surface area contributed by atoms with Gasteiger partial charge in [0, 0.05) is 11.8 Å². The fraction of sp³-hybridized carbons (Fsp3) is 0.833. The molecule has 86 valence electrons. The Morgan fingerprint density at radius 1 is 1.27 bits per heavy atom. The molecule has 0 bridgehead atoms. The van der Waals surface area contributed by atoms with E-state index in [1.807, 2.05) is 13.8 Å². The number of methoxy groups -OCH3 is 1. The van der Waals surface area contributed by atoms with Gasteiger partial charge in [0.1, 0.15) is 5.78 Å². The second kappa shape index (κ2) is 5.29. The summed E-state index contributed by atoms with van der Waals surface area (Å²) in [5.41, 5.74) is 0. The van der Waals surface area contributed by atoms with E-state index in [-0.39, 0.29) is 23.7 Å². The molecule has 0 aliphatic heterocycles. The molecule has 3 heteroatoms. The van der Waals surface area contributed by atoms with E-state index >= 15 is 0 Å². The zero-order valence-electron chi connectivity index (χ0n) is 9.79. The maximum Gasteiger partial charge on any atom is 0.308 e. The van der Waals surface area contributed by atoms with Crippen LogP contribution in [0.3, 0.4) is 0 Å². The summed E-state index contributed by atoms with van der Waals surface area (Å²) in [5.74, 6) is 0.253. The summed E-state index contributed by atoms with van der Waals surface area (Å²) in [7, 11) is 1.42. The number of Topliss-reactive ketones (excluding diaryl/α,β-unsaturated/α-hetero) is 1. The molecule has 15 heavy (non-hydrogen) atoms. The highest BCUT2D eigenvalue weighted by atomic mass is 16.5. The van der Waals surface area contributed by atoms with Crippen molar-refractivity contribution >= 4 is 11.8 Å². The van der Waals surface area contributed by atoms with E-state index in [1.165, 1.54) is 7.11 Å². The molecule has 1 aliphatic rings. The standard InChI is InChI=1S/C12H20O3/c1-4-8-6-10(12(14)15-3)7-9(5-2)11(8)13/h8-10H,4-7H2,1-3H3. The largest absolute Gasteiger partial charge is 0.469 e. The van der Waals surface area contributed by atoms with Crippen LogP contribution in [0.25, 0.3) is 0 Å². The number of hydrogen-bond donors (Lipinski definition) is 0. The van der Waals surface area contributed by atoms with Crippen molar-refractivity contribution in [2.24, 2.45) is 17.8 Å². The quantitative estimate of drug-likeness (QED) is 0.673. The van der Waals surface area contributed by atoms with Gasteiger partial charge < -0.3 is 4.74 Å². The van der Waals surface area contributed by atoms with Crippen molar-refractivity contribution in [3.05, 3.63) is 0 Å². The minimum absolute atomic E-state index is 0.0628. The number of carbonyl (C=O) groups is 2. The van der Waals surface area contributed by atoms with Crippen LogP contribution in [0, 0.1) is 17.8 Å². The van der Waals surface area contributed by atoms with Gasteiger partial charge in [0.05, 0.1) is 13.0 Å². The normalized spacial score (nSPS) is 31.4. The van der Waals surface area contributed by atoms with E-state index in [0.29, 0.717) is 18.6 Å². The van der Waals surface area contributed by atoms with Crippen LogP contribution in [0.1, 0.15) is 39.5 Å². The zero-order valence-corrected chi connectivity index (χ0v) is 9.79. The van der Waals surface area contributed by atoms with Gasteiger partial charge in [-0.15, -0.1) is 0 Å². The number of esters is 1. The summed E-state index contributed by atoms with van der Waals surface area (Å²) in [6, 6.07) is 0. The Morgan fingerprint density at radius 3 is 2.07 bits per heavy atom. The molecule has 0 aromatic heterocycles. The summed E-state index contributed by atoms with van der Waals surface area (Å²) in [6.45, 7) is 4.02. The zero-order chi connectivity index (χ0) is 11.4. The van der Waals surface area contributed by atoms with E-state index in [0.717, 1.165) is 12.8 Å². The summed E-state index contributed by atoms with van der Waals surface area (Å²) in [4.78, 5) is 23.4. The predicted molar refractivity (Wildman–Crippen MR) is 57.3 cm³/mol. The predicted octanol–water partition coefficient (Wildman–Crippen LogP) is 2.19. The molecule has 1 rings (SSSR count). The van der Waals surface area contributed by atoms with Crippen molar-refractivity contribution in [3.8, 4) is 0 Å². The van der Waals surface area contributed by atoms with E-state index in [4.69, 9.17) is 4.74 Å². The maximum absolute atomic E-state index is 11.9. The van der Waals surface area contributed by atoms with Gasteiger partial charge in [0.2, 0.25) is 0 Å². The molecule has 0 aromatic rings. The van der Waals surface area contributed by atoms with Crippen molar-refractivity contribution in [1.82, 2.24) is 0 Å². The Morgan fingerprint density at radius 2 is 1.73 bits per heavy atom. The number of ketones is 1. The summed E-state index contributed by atoms with van der Waals surface area (Å²) in [5, 5.41) is 0. The van der Waals surface area contributed by atoms with Crippen molar-refractivity contribution in [2.45, 2.75) is 39.5 Å². The van der Waals surface area contributed by atoms with Gasteiger partial charge in [0.25, 0.3) is 0 Å². The van der Waals surface area contributed by atoms with E-state index in [9.17, 15) is 9.59 Å². The fourth-order valence-corrected chi connectivity index (χ4v) is 2.44. The van der Waals surface area contributed by atoms with Crippen LogP contribution >= 0.6 is 0 Å². The molecule has 1 fully saturated rings. The SMILES string of the molecule is CCC1CC(C(=O)OC)CC(CC)C1=O. The average Bonchev–Trinajstić information content (AvgIpc) is 2.28. The molecular formula is C12H20O3. The lowest BCUT2D eigenvalue weighted by atomic mass is 9.72. The lowest BCUT2D eigenvalue weighted by Crippen LogP contribution is -2.36. The molecule has 2 unspecified atom stereocenters. The molecule has 0 radical (unpaired) electrons. The Hall–Kier alpha value is -0.860. The van der Waals surface area contributed by atoms with Gasteiger partial charge in [-0.2, -0.15) is 0 Å². The first-order valence-corrected chi connectivity index (χ1v) is 5.75. The van der Waals surface area contributed by atoms with Crippen LogP contribution in [0.4, 0.5) is 0 Å². The average molecular weight is 212 g/mol. The molecule has 0 spiro atoms. The molecule has 0 N–H and O–H groups in total. The third-order valence-electron chi connectivity index (χ3n) is 3.46. The van der Waals surface area contributed by atoms with Gasteiger partial charge in [-0.1, -0.05) is 13.8 Å². The fourth-order valence-electron chi connectivity index (χ4n) is 2.44. The molecule has 0 saturated heterocycles. The molecule has 2 atom stereocenters. The van der Waals surface area contributed by atoms with Gasteiger partial charge in [-0.25, -0.2) is 0 Å². The molecule has 1 saturated carbocycles. The van der Waals surface area contributed by atoms with Crippen LogP contribution in [-0.4, -0.2) is 18.9 Å². The molecular weight excluding hydrogens is 192 g/mol. The number of carbonyl (C=O) groups excluding carboxylic acids is 2. The number of hydrogen-bond acceptors (Lipinski definition) is 3. The van der Waals surface area contributed by atoms with Crippen molar-refractivity contribution in [3.63, 3.8) is 0 Å². The Bertz CT molecular complexity index is 231. The minimum atomic E-state index is -0.153. The first-order chi connectivity index (χ1) is 7.13. The van der Waals surface area contributed by atoms with Gasteiger partial charge in [0.15, 0.2) is 0 Å². The van der Waals surface area contributed by atoms with Crippen LogP contribution < -0.4 is 0 Å². The van der Waals surface area contributed by atoms with Gasteiger partial charge >= 0.3 is 5.97 Å². The van der Waals surface area contributed by atoms with Crippen LogP contribution in [0.2, 0.25) is 0 Å². The van der Waals surface area contributed by atoms with Crippen molar-refractivity contribution in [1.29, 1.82) is 0 Å². The van der Waals surface area contributed by atoms with E-state index < -0.39 is 0 Å². The third kappa shape index (κ3) is 2.58. The summed E-state index contributed by atoms with van der Waals surface area (Å²) < 4.78 is 4.76. The van der Waals surface area contributed by atoms with Gasteiger partial charge in [-0.05, 0) is 25.7 Å². The second-order valence-electron chi connectivity index (χ2n) is 4.30. The molecule has 0 aromatic carbocycles. The van der Waals surface area contributed by atoms with Gasteiger partial charge in [-0.3, -0.25) is 9.59 Å². The number of rotatable bonds is 3. The van der Waals surface area contributed by atoms with E-state index in [1.54, 1.807) is 0 Å². The van der Waals surface area contributed by atoms with Crippen LogP contribution in [-0.2, 0) is 14.3 Å². The molecule has 1 aliphatic carbocycles. The first-order valence-electron chi connectivity index (χ1n) is 5.75. The van der Waals surface area contributed by atoms with Crippen LogP contribution in [0.5, 0.6) is 0 Å². The number of ether oxygens (including phenoxy) is 1. The Kier molecular flexibility index (Phi) is 4.30. The van der Waals surface area contributed by atoms with E-state index in [2.05, 4.69) is 0 Å². The second-order valence-corrected chi connectivity index (χ2v) is 4.30. The van der Waals surface area contributed by atoms with Crippen LogP contribution in [0.15, 0.2) is 0 Å². The third-order valence-corrected chi connectivity index (χ3v) is 3.46.